The lowest BCUT2D eigenvalue weighted by Gasteiger charge is -1.42. The monoisotopic (exact) mass is 132 g/mol. The van der Waals surface area contributed by atoms with E-state index in [1.165, 1.54) is 0 Å². The van der Waals surface area contributed by atoms with E-state index in [-0.39, 0.29) is 17.0 Å². The van der Waals surface area contributed by atoms with Gasteiger partial charge in [0.25, 0.3) is 0 Å². The van der Waals surface area contributed by atoms with Crippen LogP contribution in [0.1, 0.15) is 0 Å². The molecule has 0 atom stereocenters. The van der Waals surface area contributed by atoms with Crippen molar-refractivity contribution >= 4 is 17.0 Å². The van der Waals surface area contributed by atoms with Gasteiger partial charge in [-0.3, -0.25) is 0 Å². The van der Waals surface area contributed by atoms with Crippen LogP contribution in [-0.4, -0.2) is 6.93 Å². The molecule has 0 bridgehead atoms. The fourth-order valence-electron chi connectivity index (χ4n) is 0. The summed E-state index contributed by atoms with van der Waals surface area (Å²) in [7, 11) is 0. The Balaban J connectivity index is 0. The van der Waals surface area contributed by atoms with Crippen molar-refractivity contribution in [3.05, 3.63) is 0 Å². The van der Waals surface area contributed by atoms with Gasteiger partial charge in [0.1, 0.15) is 0 Å². The van der Waals surface area contributed by atoms with Crippen LogP contribution in [0.5, 0.6) is 0 Å². The van der Waals surface area contributed by atoms with Gasteiger partial charge in [-0.05, 0) is 0 Å². The Hall–Kier alpha value is 0.340. The molecule has 0 aromatic carbocycles. The molecule has 0 fully saturated rings. The molecule has 0 aliphatic heterocycles. The Kier molecular flexibility index (Phi) is 22.5. The van der Waals surface area contributed by atoms with Gasteiger partial charge in [-0.25, -0.2) is 8.78 Å². The quantitative estimate of drug-likeness (QED) is 0.469. The Morgan fingerprint density at radius 1 is 1.25 bits per heavy atom. The largest absolute Gasteiger partial charge is 0.229 e. The van der Waals surface area contributed by atoms with E-state index < -0.39 is 6.93 Å². The first kappa shape index (κ1) is 8.84. The smallest absolute Gasteiger partial charge is 0.214 e. The van der Waals surface area contributed by atoms with Crippen molar-refractivity contribution in [1.29, 1.82) is 0 Å². The first-order valence-corrected chi connectivity index (χ1v) is 0.535. The number of rotatable bonds is 0. The molecule has 0 amide bonds. The molecule has 3 heteroatoms. The van der Waals surface area contributed by atoms with Gasteiger partial charge in [-0.1, -0.05) is 0 Å². The second-order valence-corrected chi connectivity index (χ2v) is 0.101. The van der Waals surface area contributed by atoms with Crippen LogP contribution in [0.25, 0.3) is 0 Å². The van der Waals surface area contributed by atoms with Gasteiger partial charge in [0.2, 0.25) is 6.93 Å². The zero-order valence-corrected chi connectivity index (χ0v) is 3.58. The lowest BCUT2D eigenvalue weighted by molar-refractivity contribution is 0.295. The summed E-state index contributed by atoms with van der Waals surface area (Å²) in [6, 6.07) is 0. The first-order chi connectivity index (χ1) is 1.41. The number of halogens is 3. The van der Waals surface area contributed by atoms with Crippen LogP contribution in [-0.2, 0) is 0 Å². The molecule has 0 aromatic heterocycles. The molecule has 0 saturated heterocycles. The maximum Gasteiger partial charge on any atom is 0.229 e. The second-order valence-electron chi connectivity index (χ2n) is 0.101. The Morgan fingerprint density at radius 2 is 1.25 bits per heavy atom. The molecule has 0 unspecified atom stereocenters. The van der Waals surface area contributed by atoms with Crippen LogP contribution in [0.15, 0.2) is 0 Å². The van der Waals surface area contributed by atoms with Crippen molar-refractivity contribution in [1.82, 2.24) is 0 Å². The SMILES string of the molecule is Br.FCF. The van der Waals surface area contributed by atoms with E-state index in [2.05, 4.69) is 0 Å². The summed E-state index contributed by atoms with van der Waals surface area (Å²) in [6.45, 7) is -1.75. The van der Waals surface area contributed by atoms with E-state index in [1.807, 2.05) is 0 Å². The summed E-state index contributed by atoms with van der Waals surface area (Å²) < 4.78 is 19.2. The summed E-state index contributed by atoms with van der Waals surface area (Å²) in [4.78, 5) is 0. The molecular weight excluding hydrogens is 130 g/mol. The van der Waals surface area contributed by atoms with Crippen molar-refractivity contribution < 1.29 is 8.78 Å². The molecule has 0 saturated carbocycles. The molecule has 0 aromatic rings. The standard InChI is InChI=1S/CH2F2.BrH/c2-1-3;/h1H2;1H. The topological polar surface area (TPSA) is 0 Å². The lowest BCUT2D eigenvalue weighted by Crippen LogP contribution is -1.34. The zero-order valence-electron chi connectivity index (χ0n) is 1.87. The normalized spacial score (nSPS) is 4.50. The van der Waals surface area contributed by atoms with Crippen molar-refractivity contribution in [3.8, 4) is 0 Å². The summed E-state index contributed by atoms with van der Waals surface area (Å²) >= 11 is 0. The fourth-order valence-corrected chi connectivity index (χ4v) is 0. The van der Waals surface area contributed by atoms with Crippen LogP contribution in [0.2, 0.25) is 0 Å². The molecular formula is CH3BrF2. The molecule has 0 nitrogen and oxygen atoms in total. The first-order valence-electron chi connectivity index (χ1n) is 0.535. The lowest BCUT2D eigenvalue weighted by atomic mass is 11.7. The third-order valence-corrected chi connectivity index (χ3v) is 0. The predicted octanol–water partition coefficient (Wildman–Crippen LogP) is 1.46. The van der Waals surface area contributed by atoms with Crippen LogP contribution >= 0.6 is 17.0 Å². The summed E-state index contributed by atoms with van der Waals surface area (Å²) in [5, 5.41) is 0. The Labute approximate surface area is 33.6 Å². The van der Waals surface area contributed by atoms with Crippen molar-refractivity contribution in [2.45, 2.75) is 0 Å². The zero-order chi connectivity index (χ0) is 2.71. The van der Waals surface area contributed by atoms with Gasteiger partial charge in [0.15, 0.2) is 0 Å². The van der Waals surface area contributed by atoms with E-state index in [0.717, 1.165) is 0 Å². The van der Waals surface area contributed by atoms with E-state index in [0.29, 0.717) is 0 Å². The minimum Gasteiger partial charge on any atom is -0.214 e. The van der Waals surface area contributed by atoms with Gasteiger partial charge >= 0.3 is 0 Å². The third-order valence-electron chi connectivity index (χ3n) is 0. The van der Waals surface area contributed by atoms with Crippen LogP contribution in [0, 0.1) is 0 Å². The highest BCUT2D eigenvalue weighted by molar-refractivity contribution is 8.93. The number of alkyl halides is 2. The molecule has 0 rings (SSSR count). The molecule has 4 heavy (non-hydrogen) atoms. The average molecular weight is 133 g/mol. The van der Waals surface area contributed by atoms with E-state index in [4.69, 9.17) is 0 Å². The Morgan fingerprint density at radius 3 is 1.25 bits per heavy atom. The van der Waals surface area contributed by atoms with Gasteiger partial charge in [0.05, 0.1) is 0 Å². The maximum absolute atomic E-state index is 9.62. The number of hydrogen-bond acceptors (Lipinski definition) is 0. The van der Waals surface area contributed by atoms with Crippen molar-refractivity contribution in [2.24, 2.45) is 0 Å². The van der Waals surface area contributed by atoms with Gasteiger partial charge in [-0.15, -0.1) is 17.0 Å². The van der Waals surface area contributed by atoms with Gasteiger partial charge in [0, 0.05) is 0 Å². The summed E-state index contributed by atoms with van der Waals surface area (Å²) in [5.41, 5.74) is 0. The summed E-state index contributed by atoms with van der Waals surface area (Å²) in [6.07, 6.45) is 0. The van der Waals surface area contributed by atoms with Gasteiger partial charge < -0.3 is 0 Å². The van der Waals surface area contributed by atoms with Crippen LogP contribution in [0.4, 0.5) is 8.78 Å². The molecule has 0 heterocycles. The van der Waals surface area contributed by atoms with E-state index in [9.17, 15) is 8.78 Å². The highest BCUT2D eigenvalue weighted by Crippen LogP contribution is 1.56. The van der Waals surface area contributed by atoms with Crippen LogP contribution < -0.4 is 0 Å². The maximum atomic E-state index is 9.62. The van der Waals surface area contributed by atoms with E-state index >= 15 is 0 Å². The van der Waals surface area contributed by atoms with Crippen LogP contribution in [0.3, 0.4) is 0 Å². The molecule has 0 spiro atoms. The minimum absolute atomic E-state index is 0. The van der Waals surface area contributed by atoms with Gasteiger partial charge in [-0.2, -0.15) is 0 Å². The highest BCUT2D eigenvalue weighted by atomic mass is 79.9. The Bertz CT molecular complexity index is 6.00. The van der Waals surface area contributed by atoms with Crippen molar-refractivity contribution in [2.75, 3.05) is 6.93 Å². The molecule has 0 radical (unpaired) electrons. The molecule has 0 aliphatic carbocycles. The highest BCUT2D eigenvalue weighted by Gasteiger charge is 1.44. The second kappa shape index (κ2) is 10.2. The fraction of sp³-hybridized carbons (Fsp3) is 1.00. The summed E-state index contributed by atoms with van der Waals surface area (Å²) in [5.74, 6) is 0. The van der Waals surface area contributed by atoms with Crippen molar-refractivity contribution in [3.63, 3.8) is 0 Å². The average Bonchev–Trinajstić information content (AvgIpc) is 0.918. The third kappa shape index (κ3) is 36.3. The predicted molar refractivity (Wildman–Crippen MR) is 17.4 cm³/mol. The minimum atomic E-state index is -1.75. The molecule has 0 aliphatic rings. The number of hydrogen-bond donors (Lipinski definition) is 0. The molecule has 0 N–H and O–H groups in total. The van der Waals surface area contributed by atoms with E-state index in [1.54, 1.807) is 0 Å². The molecule has 28 valence electrons.